The van der Waals surface area contributed by atoms with E-state index in [-0.39, 0.29) is 0 Å². The van der Waals surface area contributed by atoms with Gasteiger partial charge in [-0.15, -0.1) is 0 Å². The van der Waals surface area contributed by atoms with Crippen LogP contribution in [0.2, 0.25) is 0 Å². The Kier molecular flexibility index (Phi) is 4.54. The fraction of sp³-hybridized carbons (Fsp3) is 0.684. The van der Waals surface area contributed by atoms with E-state index in [1.54, 1.807) is 7.11 Å². The summed E-state index contributed by atoms with van der Waals surface area (Å²) >= 11 is 0. The van der Waals surface area contributed by atoms with E-state index in [2.05, 4.69) is 6.07 Å². The summed E-state index contributed by atoms with van der Waals surface area (Å²) in [6.45, 7) is 0. The fourth-order valence-electron chi connectivity index (χ4n) is 4.60. The van der Waals surface area contributed by atoms with Crippen LogP contribution < -0.4 is 4.74 Å². The standard InChI is InChI=1S/C19H28O2/c1-21-17-11-7-10-16(14-17)19(20)13-6-5-12-18(19)15-8-3-2-4-9-15/h7,10-11,14-15,18,20H,2-6,8-9,12-13H2,1H3. The maximum atomic E-state index is 11.5. The number of rotatable bonds is 3. The van der Waals surface area contributed by atoms with Crippen molar-refractivity contribution in [3.63, 3.8) is 0 Å². The fourth-order valence-corrected chi connectivity index (χ4v) is 4.60. The van der Waals surface area contributed by atoms with Crippen molar-refractivity contribution < 1.29 is 9.84 Å². The van der Waals surface area contributed by atoms with E-state index in [0.29, 0.717) is 11.8 Å². The number of benzene rings is 1. The van der Waals surface area contributed by atoms with Crippen LogP contribution in [0.5, 0.6) is 5.75 Å². The SMILES string of the molecule is COc1cccc(C2(O)CCCCC2C2CCCCC2)c1. The van der Waals surface area contributed by atoms with Gasteiger partial charge in [0.15, 0.2) is 0 Å². The van der Waals surface area contributed by atoms with E-state index < -0.39 is 5.60 Å². The van der Waals surface area contributed by atoms with Gasteiger partial charge in [0, 0.05) is 0 Å². The van der Waals surface area contributed by atoms with Crippen LogP contribution in [-0.2, 0) is 5.60 Å². The summed E-state index contributed by atoms with van der Waals surface area (Å²) in [5.74, 6) is 1.99. The van der Waals surface area contributed by atoms with Crippen molar-refractivity contribution in [2.24, 2.45) is 11.8 Å². The molecule has 1 aromatic rings. The van der Waals surface area contributed by atoms with Crippen molar-refractivity contribution in [2.45, 2.75) is 63.4 Å². The normalized spacial score (nSPS) is 31.0. The highest BCUT2D eigenvalue weighted by Crippen LogP contribution is 2.49. The topological polar surface area (TPSA) is 29.5 Å². The lowest BCUT2D eigenvalue weighted by Gasteiger charge is -2.45. The molecule has 2 unspecified atom stereocenters. The second kappa shape index (κ2) is 6.39. The molecule has 2 atom stereocenters. The zero-order valence-electron chi connectivity index (χ0n) is 13.2. The lowest BCUT2D eigenvalue weighted by molar-refractivity contribution is -0.0836. The van der Waals surface area contributed by atoms with Gasteiger partial charge in [-0.2, -0.15) is 0 Å². The van der Waals surface area contributed by atoms with Crippen LogP contribution in [0.4, 0.5) is 0 Å². The molecule has 0 radical (unpaired) electrons. The molecule has 1 N–H and O–H groups in total. The molecule has 1 aromatic carbocycles. The highest BCUT2D eigenvalue weighted by molar-refractivity contribution is 5.33. The molecule has 3 rings (SSSR count). The second-order valence-corrected chi connectivity index (χ2v) is 6.91. The first-order chi connectivity index (χ1) is 10.2. The van der Waals surface area contributed by atoms with Crippen LogP contribution in [0.3, 0.4) is 0 Å². The van der Waals surface area contributed by atoms with Gasteiger partial charge in [0.2, 0.25) is 0 Å². The van der Waals surface area contributed by atoms with Gasteiger partial charge >= 0.3 is 0 Å². The van der Waals surface area contributed by atoms with Crippen molar-refractivity contribution >= 4 is 0 Å². The van der Waals surface area contributed by atoms with Crippen LogP contribution in [0.25, 0.3) is 0 Å². The number of ether oxygens (including phenoxy) is 1. The Labute approximate surface area is 128 Å². The third kappa shape index (κ3) is 2.96. The minimum absolute atomic E-state index is 0.429. The summed E-state index contributed by atoms with van der Waals surface area (Å²) in [5.41, 5.74) is 0.423. The molecule has 2 heteroatoms. The third-order valence-electron chi connectivity index (χ3n) is 5.72. The first kappa shape index (κ1) is 14.9. The maximum absolute atomic E-state index is 11.5. The van der Waals surface area contributed by atoms with E-state index in [1.165, 1.54) is 44.9 Å². The maximum Gasteiger partial charge on any atom is 0.119 e. The third-order valence-corrected chi connectivity index (χ3v) is 5.72. The van der Waals surface area contributed by atoms with Crippen molar-refractivity contribution in [1.82, 2.24) is 0 Å². The van der Waals surface area contributed by atoms with E-state index in [1.807, 2.05) is 18.2 Å². The van der Waals surface area contributed by atoms with Crippen molar-refractivity contribution in [3.8, 4) is 5.75 Å². The van der Waals surface area contributed by atoms with E-state index in [4.69, 9.17) is 4.74 Å². The average Bonchev–Trinajstić information content (AvgIpc) is 2.56. The Morgan fingerprint density at radius 2 is 1.81 bits per heavy atom. The van der Waals surface area contributed by atoms with E-state index in [9.17, 15) is 5.11 Å². The molecular weight excluding hydrogens is 260 g/mol. The Bertz CT molecular complexity index is 464. The molecule has 2 fully saturated rings. The van der Waals surface area contributed by atoms with Gasteiger partial charge in [-0.05, 0) is 42.4 Å². The van der Waals surface area contributed by atoms with Crippen LogP contribution in [-0.4, -0.2) is 12.2 Å². The largest absolute Gasteiger partial charge is 0.497 e. The Hall–Kier alpha value is -1.02. The molecule has 21 heavy (non-hydrogen) atoms. The molecule has 0 amide bonds. The zero-order chi connectivity index (χ0) is 14.7. The molecule has 2 aliphatic rings. The predicted molar refractivity (Wildman–Crippen MR) is 85.4 cm³/mol. The Balaban J connectivity index is 1.90. The average molecular weight is 288 g/mol. The van der Waals surface area contributed by atoms with Crippen LogP contribution in [0.15, 0.2) is 24.3 Å². The summed E-state index contributed by atoms with van der Waals surface area (Å²) < 4.78 is 5.36. The molecular formula is C19H28O2. The smallest absolute Gasteiger partial charge is 0.119 e. The van der Waals surface area contributed by atoms with Crippen molar-refractivity contribution in [2.75, 3.05) is 7.11 Å². The van der Waals surface area contributed by atoms with Crippen LogP contribution in [0.1, 0.15) is 63.4 Å². The minimum Gasteiger partial charge on any atom is -0.497 e. The first-order valence-corrected chi connectivity index (χ1v) is 8.61. The van der Waals surface area contributed by atoms with Gasteiger partial charge in [-0.1, -0.05) is 57.1 Å². The molecule has 2 nitrogen and oxygen atoms in total. The second-order valence-electron chi connectivity index (χ2n) is 6.91. The number of methoxy groups -OCH3 is 1. The molecule has 0 heterocycles. The van der Waals surface area contributed by atoms with Gasteiger partial charge in [0.1, 0.15) is 5.75 Å². The quantitative estimate of drug-likeness (QED) is 0.877. The molecule has 2 aliphatic carbocycles. The lowest BCUT2D eigenvalue weighted by atomic mass is 9.63. The van der Waals surface area contributed by atoms with Crippen LogP contribution >= 0.6 is 0 Å². The van der Waals surface area contributed by atoms with Crippen molar-refractivity contribution in [1.29, 1.82) is 0 Å². The summed E-state index contributed by atoms with van der Waals surface area (Å²) in [5, 5.41) is 11.5. The van der Waals surface area contributed by atoms with Gasteiger partial charge in [0.25, 0.3) is 0 Å². The van der Waals surface area contributed by atoms with E-state index in [0.717, 1.165) is 24.2 Å². The molecule has 0 bridgehead atoms. The van der Waals surface area contributed by atoms with Crippen molar-refractivity contribution in [3.05, 3.63) is 29.8 Å². The van der Waals surface area contributed by atoms with Gasteiger partial charge in [0.05, 0.1) is 12.7 Å². The van der Waals surface area contributed by atoms with E-state index >= 15 is 0 Å². The summed E-state index contributed by atoms with van der Waals surface area (Å²) in [4.78, 5) is 0. The molecule has 0 aliphatic heterocycles. The van der Waals surface area contributed by atoms with Gasteiger partial charge < -0.3 is 9.84 Å². The molecule has 116 valence electrons. The Morgan fingerprint density at radius 1 is 1.05 bits per heavy atom. The Morgan fingerprint density at radius 3 is 2.57 bits per heavy atom. The van der Waals surface area contributed by atoms with Crippen LogP contribution in [0, 0.1) is 11.8 Å². The first-order valence-electron chi connectivity index (χ1n) is 8.61. The lowest BCUT2D eigenvalue weighted by Crippen LogP contribution is -2.42. The molecule has 0 spiro atoms. The molecule has 0 aromatic heterocycles. The monoisotopic (exact) mass is 288 g/mol. The molecule has 0 saturated heterocycles. The highest BCUT2D eigenvalue weighted by Gasteiger charge is 2.44. The number of hydrogen-bond donors (Lipinski definition) is 1. The van der Waals surface area contributed by atoms with Gasteiger partial charge in [-0.25, -0.2) is 0 Å². The minimum atomic E-state index is -0.644. The summed E-state index contributed by atoms with van der Waals surface area (Å²) in [6.07, 6.45) is 11.2. The summed E-state index contributed by atoms with van der Waals surface area (Å²) in [6, 6.07) is 8.11. The summed E-state index contributed by atoms with van der Waals surface area (Å²) in [7, 11) is 1.70. The highest BCUT2D eigenvalue weighted by atomic mass is 16.5. The number of aliphatic hydroxyl groups is 1. The van der Waals surface area contributed by atoms with Gasteiger partial charge in [-0.3, -0.25) is 0 Å². The number of hydrogen-bond acceptors (Lipinski definition) is 2. The zero-order valence-corrected chi connectivity index (χ0v) is 13.2. The predicted octanol–water partition coefficient (Wildman–Crippen LogP) is 4.65. The molecule has 2 saturated carbocycles.